The summed E-state index contributed by atoms with van der Waals surface area (Å²) in [6.07, 6.45) is 0.373. The molecule has 0 aromatic carbocycles. The van der Waals surface area contributed by atoms with Gasteiger partial charge in [-0.3, -0.25) is 14.4 Å². The lowest BCUT2D eigenvalue weighted by Gasteiger charge is -2.41. The van der Waals surface area contributed by atoms with Crippen LogP contribution in [-0.2, 0) is 14.4 Å². The molecule has 6 nitrogen and oxygen atoms in total. The molecule has 1 fully saturated rings. The van der Waals surface area contributed by atoms with Crippen LogP contribution in [0.25, 0.3) is 0 Å². The minimum absolute atomic E-state index is 0.0581. The molecule has 0 bridgehead atoms. The van der Waals surface area contributed by atoms with Crippen molar-refractivity contribution < 1.29 is 14.4 Å². The Kier molecular flexibility index (Phi) is 3.87. The summed E-state index contributed by atoms with van der Waals surface area (Å²) in [7, 11) is 0. The molecule has 1 rings (SSSR count). The number of carbonyl (C=O) groups excluding carboxylic acids is 3. The molecule has 1 aliphatic rings. The molecule has 1 saturated heterocycles. The third-order valence-corrected chi connectivity index (χ3v) is 2.57. The number of nitrogens with zero attached hydrogens (tertiary/aromatic N) is 3. The second-order valence-corrected chi connectivity index (χ2v) is 3.83. The van der Waals surface area contributed by atoms with Crippen LogP contribution in [0, 0.1) is 0 Å². The molecule has 3 amide bonds. The molecule has 1 heterocycles. The Morgan fingerprint density at radius 2 is 1.25 bits per heavy atom. The van der Waals surface area contributed by atoms with Gasteiger partial charge in [0.15, 0.2) is 0 Å². The van der Waals surface area contributed by atoms with Crippen molar-refractivity contribution in [3.8, 4) is 0 Å². The van der Waals surface area contributed by atoms with Crippen molar-refractivity contribution in [2.24, 2.45) is 0 Å². The zero-order chi connectivity index (χ0) is 12.3. The quantitative estimate of drug-likeness (QED) is 0.623. The molecule has 0 aliphatic carbocycles. The fourth-order valence-electron chi connectivity index (χ4n) is 1.53. The molecule has 0 saturated carbocycles. The first-order chi connectivity index (χ1) is 7.45. The third-order valence-electron chi connectivity index (χ3n) is 2.57. The minimum atomic E-state index is -0.139. The molecule has 16 heavy (non-hydrogen) atoms. The van der Waals surface area contributed by atoms with Crippen LogP contribution in [0.5, 0.6) is 0 Å². The number of hydrogen-bond acceptors (Lipinski definition) is 3. The van der Waals surface area contributed by atoms with Crippen LogP contribution < -0.4 is 0 Å². The average Bonchev–Trinajstić information content (AvgIpc) is 2.27. The van der Waals surface area contributed by atoms with Gasteiger partial charge in [0, 0.05) is 20.3 Å². The van der Waals surface area contributed by atoms with E-state index in [2.05, 4.69) is 0 Å². The highest BCUT2D eigenvalue weighted by Gasteiger charge is 2.28. The fraction of sp³-hybridized carbons (Fsp3) is 0.700. The van der Waals surface area contributed by atoms with Crippen LogP contribution in [0.4, 0.5) is 0 Å². The topological polar surface area (TPSA) is 60.9 Å². The summed E-state index contributed by atoms with van der Waals surface area (Å²) in [4.78, 5) is 38.5. The number of carbonyl (C=O) groups is 3. The van der Waals surface area contributed by atoms with E-state index >= 15 is 0 Å². The van der Waals surface area contributed by atoms with E-state index in [1.165, 1.54) is 28.5 Å². The van der Waals surface area contributed by atoms with Crippen molar-refractivity contribution in [1.82, 2.24) is 14.7 Å². The molecule has 0 aromatic rings. The summed E-state index contributed by atoms with van der Waals surface area (Å²) >= 11 is 0. The number of hydrogen-bond donors (Lipinski definition) is 0. The second kappa shape index (κ2) is 4.96. The van der Waals surface area contributed by atoms with Gasteiger partial charge in [0.1, 0.15) is 0 Å². The molecule has 6 heteroatoms. The molecule has 0 spiro atoms. The van der Waals surface area contributed by atoms with Gasteiger partial charge in [-0.2, -0.15) is 0 Å². The lowest BCUT2D eigenvalue weighted by molar-refractivity contribution is -0.156. The molecule has 0 atom stereocenters. The van der Waals surface area contributed by atoms with E-state index in [4.69, 9.17) is 0 Å². The number of rotatable bonds is 1. The predicted molar refractivity (Wildman–Crippen MR) is 56.8 cm³/mol. The van der Waals surface area contributed by atoms with Crippen LogP contribution >= 0.6 is 0 Å². The normalized spacial score (nSPS) is 16.3. The van der Waals surface area contributed by atoms with Crippen molar-refractivity contribution >= 4 is 17.7 Å². The average molecular weight is 227 g/mol. The highest BCUT2D eigenvalue weighted by atomic mass is 16.2. The zero-order valence-corrected chi connectivity index (χ0v) is 9.89. The summed E-state index contributed by atoms with van der Waals surface area (Å²) < 4.78 is 0. The monoisotopic (exact) mass is 227 g/mol. The van der Waals surface area contributed by atoms with Gasteiger partial charge in [-0.1, -0.05) is 6.92 Å². The van der Waals surface area contributed by atoms with Crippen LogP contribution in [0.3, 0.4) is 0 Å². The van der Waals surface area contributed by atoms with E-state index in [1.807, 2.05) is 0 Å². The smallest absolute Gasteiger partial charge is 0.225 e. The molecule has 0 aromatic heterocycles. The summed E-state index contributed by atoms with van der Waals surface area (Å²) in [6.45, 7) is 5.42. The van der Waals surface area contributed by atoms with Crippen molar-refractivity contribution in [2.75, 3.05) is 20.0 Å². The van der Waals surface area contributed by atoms with Crippen molar-refractivity contribution in [1.29, 1.82) is 0 Å². The van der Waals surface area contributed by atoms with E-state index in [-0.39, 0.29) is 37.7 Å². The lowest BCUT2D eigenvalue weighted by atomic mass is 10.3. The highest BCUT2D eigenvalue weighted by Crippen LogP contribution is 2.09. The fourth-order valence-corrected chi connectivity index (χ4v) is 1.53. The van der Waals surface area contributed by atoms with Crippen molar-refractivity contribution in [2.45, 2.75) is 27.2 Å². The van der Waals surface area contributed by atoms with Gasteiger partial charge >= 0.3 is 0 Å². The van der Waals surface area contributed by atoms with Crippen LogP contribution in [0.15, 0.2) is 0 Å². The molecular weight excluding hydrogens is 210 g/mol. The Labute approximate surface area is 94.8 Å². The summed E-state index contributed by atoms with van der Waals surface area (Å²) in [5.41, 5.74) is 0. The van der Waals surface area contributed by atoms with E-state index in [0.29, 0.717) is 6.42 Å². The van der Waals surface area contributed by atoms with Crippen LogP contribution in [-0.4, -0.2) is 52.4 Å². The first-order valence-electron chi connectivity index (χ1n) is 5.24. The van der Waals surface area contributed by atoms with Gasteiger partial charge in [-0.05, 0) is 0 Å². The van der Waals surface area contributed by atoms with Gasteiger partial charge < -0.3 is 14.7 Å². The Morgan fingerprint density at radius 1 is 0.875 bits per heavy atom. The summed E-state index contributed by atoms with van der Waals surface area (Å²) in [5.74, 6) is -0.336. The van der Waals surface area contributed by atoms with Gasteiger partial charge in [-0.15, -0.1) is 0 Å². The first kappa shape index (κ1) is 12.5. The molecule has 0 unspecified atom stereocenters. The molecule has 90 valence electrons. The maximum absolute atomic E-state index is 11.6. The molecule has 0 N–H and O–H groups in total. The highest BCUT2D eigenvalue weighted by molar-refractivity contribution is 5.80. The largest absolute Gasteiger partial charge is 0.307 e. The first-order valence-corrected chi connectivity index (χ1v) is 5.24. The summed E-state index contributed by atoms with van der Waals surface area (Å²) in [5, 5.41) is 0. The Bertz CT molecular complexity index is 294. The molecular formula is C10H17N3O3. The number of amides is 3. The standard InChI is InChI=1S/C10H17N3O3/c1-4-10(16)13-6-11(8(2)14)5-12(7-13)9(3)15/h4-7H2,1-3H3. The Morgan fingerprint density at radius 3 is 1.56 bits per heavy atom. The molecule has 1 aliphatic heterocycles. The van der Waals surface area contributed by atoms with Gasteiger partial charge in [-0.25, -0.2) is 0 Å². The Balaban J connectivity index is 2.78. The maximum Gasteiger partial charge on any atom is 0.225 e. The van der Waals surface area contributed by atoms with E-state index < -0.39 is 0 Å². The van der Waals surface area contributed by atoms with Crippen molar-refractivity contribution in [3.63, 3.8) is 0 Å². The predicted octanol–water partition coefficient (Wildman–Crippen LogP) is -0.192. The van der Waals surface area contributed by atoms with E-state index in [0.717, 1.165) is 0 Å². The second-order valence-electron chi connectivity index (χ2n) is 3.83. The third kappa shape index (κ3) is 2.71. The van der Waals surface area contributed by atoms with Crippen LogP contribution in [0.1, 0.15) is 27.2 Å². The minimum Gasteiger partial charge on any atom is -0.307 e. The van der Waals surface area contributed by atoms with Crippen molar-refractivity contribution in [3.05, 3.63) is 0 Å². The van der Waals surface area contributed by atoms with E-state index in [9.17, 15) is 14.4 Å². The Hall–Kier alpha value is -1.59. The lowest BCUT2D eigenvalue weighted by Crippen LogP contribution is -2.58. The van der Waals surface area contributed by atoms with Gasteiger partial charge in [0.2, 0.25) is 17.7 Å². The van der Waals surface area contributed by atoms with E-state index in [1.54, 1.807) is 6.92 Å². The maximum atomic E-state index is 11.6. The molecule has 0 radical (unpaired) electrons. The zero-order valence-electron chi connectivity index (χ0n) is 9.89. The SMILES string of the molecule is CCC(=O)N1CN(C(C)=O)CN(C(C)=O)C1. The summed E-state index contributed by atoms with van der Waals surface area (Å²) in [6, 6.07) is 0. The van der Waals surface area contributed by atoms with Crippen LogP contribution in [0.2, 0.25) is 0 Å². The van der Waals surface area contributed by atoms with Gasteiger partial charge in [0.25, 0.3) is 0 Å². The van der Waals surface area contributed by atoms with Gasteiger partial charge in [0.05, 0.1) is 20.0 Å².